The van der Waals surface area contributed by atoms with Gasteiger partial charge in [-0.25, -0.2) is 0 Å². The summed E-state index contributed by atoms with van der Waals surface area (Å²) in [6.07, 6.45) is 0. The summed E-state index contributed by atoms with van der Waals surface area (Å²) in [7, 11) is 0. The average molecular weight is 1950 g/mol. The van der Waals surface area contributed by atoms with Crippen LogP contribution in [0.1, 0.15) is 0 Å². The van der Waals surface area contributed by atoms with Crippen molar-refractivity contribution in [3.05, 3.63) is 516 Å². The Hall–Kier alpha value is -18.1. The highest BCUT2D eigenvalue weighted by Gasteiger charge is 2.28. The molecule has 6 aromatic heterocycles. The predicted molar refractivity (Wildman–Crippen MR) is 636 cm³/mol. The maximum Gasteiger partial charge on any atom is 0.143 e. The number of hydrogen-bond donors (Lipinski definition) is 0. The number of para-hydroxylation sites is 1. The molecule has 31 rings (SSSR count). The van der Waals surface area contributed by atoms with Gasteiger partial charge in [-0.05, 0) is 227 Å². The van der Waals surface area contributed by atoms with Crippen molar-refractivity contribution in [1.29, 1.82) is 0 Å². The molecule has 5 nitrogen and oxygen atoms in total. The van der Waals surface area contributed by atoms with E-state index in [-0.39, 0.29) is 0 Å². The van der Waals surface area contributed by atoms with Gasteiger partial charge in [0.2, 0.25) is 0 Å². The summed E-state index contributed by atoms with van der Waals surface area (Å²) in [6.45, 7) is 0. The number of furan rings is 2. The molecular formula is C138H85N3O2S4. The molecule has 31 aromatic rings. The van der Waals surface area contributed by atoms with Crippen LogP contribution in [0, 0.1) is 0 Å². The van der Waals surface area contributed by atoms with Gasteiger partial charge in [-0.2, -0.15) is 0 Å². The third kappa shape index (κ3) is 14.8. The number of nitrogens with zero attached hydrogens (tertiary/aromatic N) is 3. The van der Waals surface area contributed by atoms with Gasteiger partial charge in [0.15, 0.2) is 0 Å². The number of rotatable bonds is 13. The van der Waals surface area contributed by atoms with E-state index in [2.05, 4.69) is 524 Å². The smallest absolute Gasteiger partial charge is 0.143 e. The van der Waals surface area contributed by atoms with Crippen molar-refractivity contribution in [2.75, 3.05) is 14.7 Å². The summed E-state index contributed by atoms with van der Waals surface area (Å²) in [5, 5.41) is 29.7. The van der Waals surface area contributed by atoms with Crippen LogP contribution in [0.4, 0.5) is 51.2 Å². The lowest BCUT2D eigenvalue weighted by Gasteiger charge is -2.28. The normalized spacial score (nSPS) is 11.8. The van der Waals surface area contributed by atoms with E-state index in [1.165, 1.54) is 184 Å². The second-order valence-corrected chi connectivity index (χ2v) is 42.2. The van der Waals surface area contributed by atoms with Crippen molar-refractivity contribution in [2.24, 2.45) is 0 Å². The Morgan fingerprint density at radius 1 is 0.150 bits per heavy atom. The fraction of sp³-hybridized carbons (Fsp3) is 0. The summed E-state index contributed by atoms with van der Waals surface area (Å²) in [4.78, 5) is 7.28. The zero-order valence-electron chi connectivity index (χ0n) is 79.4. The van der Waals surface area contributed by atoms with Crippen molar-refractivity contribution in [1.82, 2.24) is 0 Å². The lowest BCUT2D eigenvalue weighted by atomic mass is 9.96. The van der Waals surface area contributed by atoms with Gasteiger partial charge >= 0.3 is 0 Å². The molecule has 0 aliphatic heterocycles. The van der Waals surface area contributed by atoms with Gasteiger partial charge in [0, 0.05) is 170 Å². The summed E-state index contributed by atoms with van der Waals surface area (Å²) >= 11 is 7.51. The molecular weight excluding hydrogens is 1860 g/mol. The topological polar surface area (TPSA) is 36.0 Å². The van der Waals surface area contributed by atoms with E-state index in [1.807, 2.05) is 51.4 Å². The molecule has 0 bridgehead atoms. The van der Waals surface area contributed by atoms with Gasteiger partial charge in [0.25, 0.3) is 0 Å². The monoisotopic (exact) mass is 1940 g/mol. The molecule has 0 aliphatic carbocycles. The molecule has 0 unspecified atom stereocenters. The first-order chi connectivity index (χ1) is 72.8. The van der Waals surface area contributed by atoms with Crippen LogP contribution in [-0.2, 0) is 0 Å². The molecule has 688 valence electrons. The zero-order chi connectivity index (χ0) is 96.7. The maximum absolute atomic E-state index is 6.60. The largest absolute Gasteiger partial charge is 0.456 e. The van der Waals surface area contributed by atoms with Gasteiger partial charge in [-0.15, -0.1) is 45.3 Å². The van der Waals surface area contributed by atoms with E-state index < -0.39 is 0 Å². The Morgan fingerprint density at radius 2 is 0.531 bits per heavy atom. The van der Waals surface area contributed by atoms with E-state index in [0.29, 0.717) is 0 Å². The number of thiophene rings is 4. The maximum atomic E-state index is 6.60. The predicted octanol–water partition coefficient (Wildman–Crippen LogP) is 42.3. The Bertz CT molecular complexity index is 10700. The third-order valence-corrected chi connectivity index (χ3v) is 34.3. The second-order valence-electron chi connectivity index (χ2n) is 37.9. The van der Waals surface area contributed by atoms with Crippen LogP contribution in [0.25, 0.3) is 234 Å². The standard InChI is InChI=1S/C48H29NOS.C46H29NS2.C44H27NOS/c1-2-12-30(13-3-1)41-28-34(26-32-15-5-6-16-35(32)41)49(33-23-25-45-42(27-33)39-24-22-31-14-4-7-17-36(31)47(39)50-45)44-29-43-38-19-10-11-21-46(38)51-48(43)40-20-9-8-18-37(40)44;1-2-9-30(10-3-1)33-12-8-13-34(27-33)31-17-20-35(21-18-31)47(36-22-25-44-41(28-36)39-15-6-7-16-43(39)48-44)37-23-26-45-42(29-37)40-24-19-32-11-4-5-14-38(32)46(40)49-45;1-2-10-28(11-3-1)29-18-21-31(22-19-29)45(32-23-25-35-37-24-20-30-12-4-5-13-33(30)44(37)47-42(35)26-32)39-27-41-43(36-15-7-6-14-34(36)39)38-16-8-9-17-40(38)46-41/h1-29H;1-29H;1-27H. The summed E-state index contributed by atoms with van der Waals surface area (Å²) in [5.74, 6) is 0. The fourth-order valence-electron chi connectivity index (χ4n) is 22.5. The van der Waals surface area contributed by atoms with E-state index in [4.69, 9.17) is 8.83 Å². The Morgan fingerprint density at radius 3 is 1.19 bits per heavy atom. The molecule has 0 fully saturated rings. The van der Waals surface area contributed by atoms with Gasteiger partial charge in [-0.1, -0.05) is 370 Å². The highest BCUT2D eigenvalue weighted by molar-refractivity contribution is 7.28. The molecule has 0 radical (unpaired) electrons. The summed E-state index contributed by atoms with van der Waals surface area (Å²) in [6, 6.07) is 187. The molecule has 25 aromatic carbocycles. The fourth-order valence-corrected chi connectivity index (χ4v) is 27.3. The lowest BCUT2D eigenvalue weighted by molar-refractivity contribution is 0.669. The molecule has 0 atom stereocenters. The number of benzene rings is 25. The molecule has 0 amide bonds. The van der Waals surface area contributed by atoms with Gasteiger partial charge in [0.1, 0.15) is 22.3 Å². The minimum Gasteiger partial charge on any atom is -0.456 e. The van der Waals surface area contributed by atoms with Gasteiger partial charge < -0.3 is 23.5 Å². The molecule has 0 N–H and O–H groups in total. The van der Waals surface area contributed by atoms with Crippen LogP contribution in [0.3, 0.4) is 0 Å². The zero-order valence-corrected chi connectivity index (χ0v) is 82.6. The second kappa shape index (κ2) is 35.5. The number of hydrogen-bond acceptors (Lipinski definition) is 9. The van der Waals surface area contributed by atoms with E-state index in [9.17, 15) is 0 Å². The van der Waals surface area contributed by atoms with E-state index >= 15 is 0 Å². The van der Waals surface area contributed by atoms with E-state index in [1.54, 1.807) is 0 Å². The van der Waals surface area contributed by atoms with Gasteiger partial charge in [-0.3, -0.25) is 0 Å². The first-order valence-electron chi connectivity index (χ1n) is 49.8. The Kier molecular flexibility index (Phi) is 20.7. The molecule has 0 saturated heterocycles. The van der Waals surface area contributed by atoms with Crippen molar-refractivity contribution < 1.29 is 8.83 Å². The number of fused-ring (bicyclic) bond motifs is 29. The van der Waals surface area contributed by atoms with Crippen LogP contribution in [-0.4, -0.2) is 0 Å². The molecule has 0 aliphatic rings. The molecule has 6 heterocycles. The van der Waals surface area contributed by atoms with Crippen LogP contribution >= 0.6 is 45.3 Å². The average Bonchev–Trinajstić information content (AvgIpc) is 1.68. The minimum absolute atomic E-state index is 0.887. The quantitative estimate of drug-likeness (QED) is 0.115. The Labute approximate surface area is 862 Å². The van der Waals surface area contributed by atoms with Gasteiger partial charge in [0.05, 0.1) is 11.4 Å². The molecule has 0 saturated carbocycles. The molecule has 147 heavy (non-hydrogen) atoms. The third-order valence-electron chi connectivity index (χ3n) is 29.5. The van der Waals surface area contributed by atoms with Crippen molar-refractivity contribution in [3.8, 4) is 44.5 Å². The van der Waals surface area contributed by atoms with Crippen LogP contribution in [0.15, 0.2) is 524 Å². The molecule has 0 spiro atoms. The highest BCUT2D eigenvalue weighted by atomic mass is 32.1. The van der Waals surface area contributed by atoms with Crippen molar-refractivity contribution >= 4 is 286 Å². The highest BCUT2D eigenvalue weighted by Crippen LogP contribution is 2.54. The SMILES string of the molecule is c1ccc(-c2cc(N(c3ccc4oc5c6ccccc6ccc5c4c3)c3cc4c5ccccc5sc4c4ccccc34)cc3ccccc23)cc1.c1ccc(-c2ccc(N(c3ccc4c(c3)sc3c5ccccc5ccc43)c3cc4oc5ccccc5c4c4ccccc34)cc2)cc1.c1ccc(-c2cccc(-c3ccc(N(c4ccc5sc6ccccc6c5c4)c4ccc5sc6c7ccccc7ccc6c5c4)cc3)c2)cc1. The van der Waals surface area contributed by atoms with Crippen molar-refractivity contribution in [2.45, 2.75) is 0 Å². The summed E-state index contributed by atoms with van der Waals surface area (Å²) in [5.41, 5.74) is 23.3. The summed E-state index contributed by atoms with van der Waals surface area (Å²) < 4.78 is 23.6. The van der Waals surface area contributed by atoms with Crippen LogP contribution < -0.4 is 14.7 Å². The van der Waals surface area contributed by atoms with Crippen molar-refractivity contribution in [3.63, 3.8) is 0 Å². The van der Waals surface area contributed by atoms with E-state index in [0.717, 1.165) is 100 Å². The first kappa shape index (κ1) is 85.7. The van der Waals surface area contributed by atoms with Crippen LogP contribution in [0.2, 0.25) is 0 Å². The first-order valence-corrected chi connectivity index (χ1v) is 53.1. The Balaban J connectivity index is 0.000000104. The lowest BCUT2D eigenvalue weighted by Crippen LogP contribution is -2.11. The molecule has 9 heteroatoms. The minimum atomic E-state index is 0.887. The van der Waals surface area contributed by atoms with Crippen LogP contribution in [0.5, 0.6) is 0 Å². The number of anilines is 9.